The van der Waals surface area contributed by atoms with Gasteiger partial charge in [0.2, 0.25) is 0 Å². The standard InChI is InChI=1S/C29H29FN4O2/c1-2-14-33-17-13-25(28-24(29(33)35)12-18-34(28)22-6-4-3-5-7-22)32-15-10-20(11-16-32)27-23-9-8-21(30)19-26(23)36-31-27/h3-9,12-13,18-20H,2,10-11,14-17H2,1H3. The Labute approximate surface area is 209 Å². The molecule has 0 radical (unpaired) electrons. The summed E-state index contributed by atoms with van der Waals surface area (Å²) >= 11 is 0. The van der Waals surface area contributed by atoms with Crippen LogP contribution in [-0.2, 0) is 0 Å². The highest BCUT2D eigenvalue weighted by Gasteiger charge is 2.32. The average Bonchev–Trinajstić information content (AvgIpc) is 3.50. The Morgan fingerprint density at radius 1 is 1.08 bits per heavy atom. The number of likely N-dealkylation sites (tertiary alicyclic amines) is 1. The minimum atomic E-state index is -0.316. The lowest BCUT2D eigenvalue weighted by atomic mass is 9.91. The average molecular weight is 485 g/mol. The molecule has 0 bridgehead atoms. The van der Waals surface area contributed by atoms with E-state index in [1.54, 1.807) is 6.07 Å². The molecule has 1 fully saturated rings. The zero-order chi connectivity index (χ0) is 24.6. The number of benzene rings is 2. The number of aromatic nitrogens is 2. The lowest BCUT2D eigenvalue weighted by molar-refractivity contribution is 0.0775. The van der Waals surface area contributed by atoms with Crippen LogP contribution >= 0.6 is 0 Å². The number of hydrogen-bond donors (Lipinski definition) is 0. The number of para-hydroxylation sites is 1. The summed E-state index contributed by atoms with van der Waals surface area (Å²) in [5.41, 5.74) is 5.28. The van der Waals surface area contributed by atoms with E-state index in [1.807, 2.05) is 35.4 Å². The molecule has 0 atom stereocenters. The second-order valence-electron chi connectivity index (χ2n) is 9.59. The molecule has 2 aliphatic rings. The van der Waals surface area contributed by atoms with Gasteiger partial charge in [-0.1, -0.05) is 30.3 Å². The van der Waals surface area contributed by atoms with E-state index in [-0.39, 0.29) is 17.6 Å². The summed E-state index contributed by atoms with van der Waals surface area (Å²) in [6.45, 7) is 5.12. The Balaban J connectivity index is 1.32. The molecule has 0 N–H and O–H groups in total. The molecule has 2 aromatic carbocycles. The van der Waals surface area contributed by atoms with E-state index in [1.165, 1.54) is 12.1 Å². The van der Waals surface area contributed by atoms with Crippen LogP contribution in [0.15, 0.2) is 71.4 Å². The number of piperidine rings is 1. The van der Waals surface area contributed by atoms with Gasteiger partial charge in [-0.05, 0) is 55.7 Å². The van der Waals surface area contributed by atoms with Gasteiger partial charge >= 0.3 is 0 Å². The predicted molar refractivity (Wildman–Crippen MR) is 137 cm³/mol. The number of fused-ring (bicyclic) bond motifs is 2. The van der Waals surface area contributed by atoms with Crippen molar-refractivity contribution in [2.75, 3.05) is 26.2 Å². The van der Waals surface area contributed by atoms with Crippen molar-refractivity contribution in [3.05, 3.63) is 89.6 Å². The van der Waals surface area contributed by atoms with Crippen molar-refractivity contribution in [3.63, 3.8) is 0 Å². The Kier molecular flexibility index (Phi) is 5.83. The van der Waals surface area contributed by atoms with Crippen molar-refractivity contribution in [3.8, 4) is 5.69 Å². The Hall–Kier alpha value is -3.87. The maximum atomic E-state index is 13.6. The van der Waals surface area contributed by atoms with E-state index >= 15 is 0 Å². The molecule has 0 aliphatic carbocycles. The molecule has 6 nitrogen and oxygen atoms in total. The van der Waals surface area contributed by atoms with Gasteiger partial charge in [-0.3, -0.25) is 4.79 Å². The summed E-state index contributed by atoms with van der Waals surface area (Å²) in [5.74, 6) is 0.0195. The van der Waals surface area contributed by atoms with E-state index in [9.17, 15) is 9.18 Å². The third-order valence-electron chi connectivity index (χ3n) is 7.36. The van der Waals surface area contributed by atoms with Crippen molar-refractivity contribution in [1.82, 2.24) is 19.5 Å². The topological polar surface area (TPSA) is 54.5 Å². The van der Waals surface area contributed by atoms with Gasteiger partial charge in [-0.2, -0.15) is 0 Å². The largest absolute Gasteiger partial charge is 0.370 e. The molecule has 1 amide bonds. The van der Waals surface area contributed by atoms with E-state index in [2.05, 4.69) is 39.8 Å². The number of carbonyl (C=O) groups excluding carboxylic acids is 1. The normalized spacial score (nSPS) is 16.8. The fraction of sp³-hybridized carbons (Fsp3) is 0.310. The Morgan fingerprint density at radius 3 is 2.67 bits per heavy atom. The third kappa shape index (κ3) is 3.88. The Morgan fingerprint density at radius 2 is 1.89 bits per heavy atom. The number of rotatable bonds is 5. The lowest BCUT2D eigenvalue weighted by Gasteiger charge is -2.35. The van der Waals surface area contributed by atoms with Crippen LogP contribution < -0.4 is 0 Å². The molecule has 184 valence electrons. The van der Waals surface area contributed by atoms with Gasteiger partial charge in [0.25, 0.3) is 5.91 Å². The van der Waals surface area contributed by atoms with Crippen LogP contribution in [0.4, 0.5) is 4.39 Å². The monoisotopic (exact) mass is 484 g/mol. The molecular formula is C29H29FN4O2. The zero-order valence-corrected chi connectivity index (χ0v) is 20.4. The number of hydrogen-bond acceptors (Lipinski definition) is 4. The minimum absolute atomic E-state index is 0.0870. The molecule has 2 aromatic heterocycles. The van der Waals surface area contributed by atoms with Crippen molar-refractivity contribution < 1.29 is 13.7 Å². The molecule has 6 rings (SSSR count). The summed E-state index contributed by atoms with van der Waals surface area (Å²) in [6, 6.07) is 16.8. The van der Waals surface area contributed by atoms with E-state index in [0.717, 1.165) is 72.6 Å². The molecule has 0 saturated carbocycles. The van der Waals surface area contributed by atoms with Crippen LogP contribution in [0, 0.1) is 5.82 Å². The highest BCUT2D eigenvalue weighted by molar-refractivity contribution is 6.00. The molecule has 4 heterocycles. The second kappa shape index (κ2) is 9.30. The molecule has 36 heavy (non-hydrogen) atoms. The summed E-state index contributed by atoms with van der Waals surface area (Å²) in [4.78, 5) is 17.8. The summed E-state index contributed by atoms with van der Waals surface area (Å²) in [5, 5.41) is 5.20. The summed E-state index contributed by atoms with van der Waals surface area (Å²) in [7, 11) is 0. The van der Waals surface area contributed by atoms with Gasteiger partial charge in [-0.15, -0.1) is 0 Å². The fourth-order valence-corrected chi connectivity index (χ4v) is 5.58. The van der Waals surface area contributed by atoms with Crippen molar-refractivity contribution in [2.24, 2.45) is 0 Å². The van der Waals surface area contributed by atoms with E-state index in [0.29, 0.717) is 12.1 Å². The van der Waals surface area contributed by atoms with E-state index in [4.69, 9.17) is 4.52 Å². The Bertz CT molecular complexity index is 1430. The van der Waals surface area contributed by atoms with Crippen LogP contribution in [0.3, 0.4) is 0 Å². The molecule has 0 spiro atoms. The molecule has 0 unspecified atom stereocenters. The zero-order valence-electron chi connectivity index (χ0n) is 20.4. The van der Waals surface area contributed by atoms with Crippen molar-refractivity contribution in [1.29, 1.82) is 0 Å². The van der Waals surface area contributed by atoms with Gasteiger partial charge < -0.3 is 18.9 Å². The fourth-order valence-electron chi connectivity index (χ4n) is 5.58. The first-order valence-electron chi connectivity index (χ1n) is 12.7. The maximum Gasteiger partial charge on any atom is 0.256 e. The maximum absolute atomic E-state index is 13.6. The van der Waals surface area contributed by atoms with Gasteiger partial charge in [-0.25, -0.2) is 4.39 Å². The first-order chi connectivity index (χ1) is 17.6. The molecule has 1 saturated heterocycles. The second-order valence-corrected chi connectivity index (χ2v) is 9.59. The summed E-state index contributed by atoms with van der Waals surface area (Å²) < 4.78 is 21.2. The van der Waals surface area contributed by atoms with Crippen LogP contribution in [0.2, 0.25) is 0 Å². The van der Waals surface area contributed by atoms with Gasteiger partial charge in [0.05, 0.1) is 22.6 Å². The number of halogens is 1. The molecule has 7 heteroatoms. The van der Waals surface area contributed by atoms with Crippen LogP contribution in [0.1, 0.15) is 53.8 Å². The highest BCUT2D eigenvalue weighted by Crippen LogP contribution is 2.37. The van der Waals surface area contributed by atoms with Crippen molar-refractivity contribution in [2.45, 2.75) is 32.1 Å². The number of amides is 1. The quantitative estimate of drug-likeness (QED) is 0.357. The van der Waals surface area contributed by atoms with Gasteiger partial charge in [0.1, 0.15) is 5.82 Å². The smallest absolute Gasteiger partial charge is 0.256 e. The molecule has 2 aliphatic heterocycles. The van der Waals surface area contributed by atoms with E-state index < -0.39 is 0 Å². The van der Waals surface area contributed by atoms with Gasteiger partial charge in [0, 0.05) is 55.4 Å². The lowest BCUT2D eigenvalue weighted by Crippen LogP contribution is -2.32. The SMILES string of the molecule is CCCN1CC=C(N2CCC(c3noc4cc(F)ccc34)CC2)c2c(ccn2-c2ccccc2)C1=O. The van der Waals surface area contributed by atoms with Crippen molar-refractivity contribution >= 4 is 22.6 Å². The predicted octanol–water partition coefficient (Wildman–Crippen LogP) is 5.84. The third-order valence-corrected chi connectivity index (χ3v) is 7.36. The van der Waals surface area contributed by atoms with Crippen LogP contribution in [0.5, 0.6) is 0 Å². The summed E-state index contributed by atoms with van der Waals surface area (Å²) in [6.07, 6.45) is 6.96. The van der Waals surface area contributed by atoms with Gasteiger partial charge in [0.15, 0.2) is 5.58 Å². The van der Waals surface area contributed by atoms with Crippen LogP contribution in [0.25, 0.3) is 22.4 Å². The minimum Gasteiger partial charge on any atom is -0.370 e. The first kappa shape index (κ1) is 22.6. The first-order valence-corrected chi connectivity index (χ1v) is 12.7. The number of nitrogens with zero attached hydrogens (tertiary/aromatic N) is 4. The number of carbonyl (C=O) groups is 1. The molecular weight excluding hydrogens is 455 g/mol. The van der Waals surface area contributed by atoms with Crippen LogP contribution in [-0.4, -0.2) is 51.6 Å². The molecule has 4 aromatic rings. The highest BCUT2D eigenvalue weighted by atomic mass is 19.1.